The molecule has 23 heavy (non-hydrogen) atoms. The zero-order chi connectivity index (χ0) is 18.3. The van der Waals surface area contributed by atoms with Crippen LogP contribution >= 0.6 is 0 Å². The van der Waals surface area contributed by atoms with Crippen molar-refractivity contribution in [2.75, 3.05) is 14.2 Å². The van der Waals surface area contributed by atoms with Crippen molar-refractivity contribution >= 4 is 5.97 Å². The Morgan fingerprint density at radius 3 is 2.70 bits per heavy atom. The van der Waals surface area contributed by atoms with Gasteiger partial charge in [0.2, 0.25) is 6.04 Å². The fraction of sp³-hybridized carbons (Fsp3) is 0.562. The maximum atomic E-state index is 11.4. The maximum absolute atomic E-state index is 11.4. The average molecular weight is 326 g/mol. The Morgan fingerprint density at radius 1 is 1.57 bits per heavy atom. The molecule has 7 heteroatoms. The number of esters is 1. The second kappa shape index (κ2) is 14.8. The van der Waals surface area contributed by atoms with Crippen molar-refractivity contribution in [2.24, 2.45) is 5.73 Å². The maximum Gasteiger partial charge on any atom is 0.331 e. The molecule has 0 amide bonds. The van der Waals surface area contributed by atoms with E-state index < -0.39 is 18.1 Å². The van der Waals surface area contributed by atoms with E-state index in [2.05, 4.69) is 17.6 Å². The number of allylic oxidation sites excluding steroid dienone is 2. The molecule has 0 aliphatic heterocycles. The normalized spacial score (nSPS) is 17.1. The summed E-state index contributed by atoms with van der Waals surface area (Å²) >= 11 is 0. The lowest BCUT2D eigenvalue weighted by molar-refractivity contribution is -0.523. The zero-order valence-electron chi connectivity index (χ0n) is 14.1. The Kier molecular flexibility index (Phi) is 14.8. The zero-order valence-corrected chi connectivity index (χ0v) is 14.1. The van der Waals surface area contributed by atoms with E-state index in [-0.39, 0.29) is 4.92 Å². The van der Waals surface area contributed by atoms with Crippen molar-refractivity contribution in [1.29, 1.82) is 0 Å². The fourth-order valence-corrected chi connectivity index (χ4v) is 1.86. The summed E-state index contributed by atoms with van der Waals surface area (Å²) in [5.74, 6) is 4.88. The first-order valence-electron chi connectivity index (χ1n) is 7.19. The van der Waals surface area contributed by atoms with Crippen molar-refractivity contribution < 1.29 is 19.6 Å². The molecule has 0 aromatic heterocycles. The first kappa shape index (κ1) is 23.1. The van der Waals surface area contributed by atoms with Crippen LogP contribution in [0.3, 0.4) is 0 Å². The SMILES string of the molecule is CC#CC(C)OC(=O)/C=C/C1=CCCC([N+](=O)[O-])C1.CN.CO. The molecule has 0 radical (unpaired) electrons. The Hall–Kier alpha value is -2.17. The number of carbonyl (C=O) groups is 1. The molecular weight excluding hydrogens is 300 g/mol. The predicted octanol–water partition coefficient (Wildman–Crippen LogP) is 1.44. The summed E-state index contributed by atoms with van der Waals surface area (Å²) in [7, 11) is 2.50. The van der Waals surface area contributed by atoms with Crippen LogP contribution in [0.1, 0.15) is 33.1 Å². The Morgan fingerprint density at radius 2 is 2.17 bits per heavy atom. The molecule has 0 fully saturated rings. The minimum Gasteiger partial charge on any atom is -0.446 e. The van der Waals surface area contributed by atoms with Crippen LogP contribution in [0.4, 0.5) is 0 Å². The highest BCUT2D eigenvalue weighted by molar-refractivity contribution is 5.82. The summed E-state index contributed by atoms with van der Waals surface area (Å²) in [6.45, 7) is 3.36. The molecule has 3 N–H and O–H groups in total. The van der Waals surface area contributed by atoms with Gasteiger partial charge in [-0.25, -0.2) is 4.79 Å². The summed E-state index contributed by atoms with van der Waals surface area (Å²) in [5.41, 5.74) is 5.30. The Balaban J connectivity index is 0. The van der Waals surface area contributed by atoms with Gasteiger partial charge in [0.1, 0.15) is 0 Å². The molecule has 0 saturated carbocycles. The van der Waals surface area contributed by atoms with Gasteiger partial charge in [-0.3, -0.25) is 10.1 Å². The van der Waals surface area contributed by atoms with Crippen LogP contribution < -0.4 is 5.73 Å². The third-order valence-electron chi connectivity index (χ3n) is 2.75. The molecule has 7 nitrogen and oxygen atoms in total. The number of hydrogen-bond donors (Lipinski definition) is 2. The summed E-state index contributed by atoms with van der Waals surface area (Å²) < 4.78 is 5.00. The van der Waals surface area contributed by atoms with Gasteiger partial charge in [-0.15, -0.1) is 5.92 Å². The van der Waals surface area contributed by atoms with Gasteiger partial charge in [0.05, 0.1) is 0 Å². The molecule has 0 aromatic carbocycles. The second-order valence-electron chi connectivity index (χ2n) is 4.31. The van der Waals surface area contributed by atoms with Crippen molar-refractivity contribution in [3.05, 3.63) is 33.9 Å². The molecule has 130 valence electrons. The van der Waals surface area contributed by atoms with Crippen LogP contribution in [0.2, 0.25) is 0 Å². The van der Waals surface area contributed by atoms with Gasteiger partial charge in [-0.2, -0.15) is 0 Å². The monoisotopic (exact) mass is 326 g/mol. The van der Waals surface area contributed by atoms with Crippen LogP contribution in [0.15, 0.2) is 23.8 Å². The molecule has 0 spiro atoms. The minimum atomic E-state index is -0.550. The van der Waals surface area contributed by atoms with E-state index in [0.717, 1.165) is 12.7 Å². The predicted molar refractivity (Wildman–Crippen MR) is 89.1 cm³/mol. The highest BCUT2D eigenvalue weighted by Gasteiger charge is 2.23. The summed E-state index contributed by atoms with van der Waals surface area (Å²) in [5, 5.41) is 17.7. The van der Waals surface area contributed by atoms with Crippen molar-refractivity contribution in [3.63, 3.8) is 0 Å². The van der Waals surface area contributed by atoms with E-state index >= 15 is 0 Å². The number of hydrogen-bond acceptors (Lipinski definition) is 6. The summed E-state index contributed by atoms with van der Waals surface area (Å²) in [4.78, 5) is 21.9. The molecule has 1 aliphatic carbocycles. The van der Waals surface area contributed by atoms with Crippen LogP contribution in [-0.2, 0) is 9.53 Å². The molecule has 0 heterocycles. The molecule has 0 aromatic rings. The highest BCUT2D eigenvalue weighted by atomic mass is 16.6. The molecule has 0 saturated heterocycles. The van der Waals surface area contributed by atoms with E-state index in [0.29, 0.717) is 19.3 Å². The number of nitrogens with two attached hydrogens (primary N) is 1. The van der Waals surface area contributed by atoms with E-state index in [1.54, 1.807) is 19.9 Å². The lowest BCUT2D eigenvalue weighted by Gasteiger charge is -2.14. The smallest absolute Gasteiger partial charge is 0.331 e. The number of nitrogens with zero attached hydrogens (tertiary/aromatic N) is 1. The fourth-order valence-electron chi connectivity index (χ4n) is 1.86. The number of aliphatic hydroxyl groups is 1. The number of ether oxygens (including phenoxy) is 1. The van der Waals surface area contributed by atoms with Gasteiger partial charge >= 0.3 is 5.97 Å². The van der Waals surface area contributed by atoms with Gasteiger partial charge < -0.3 is 15.6 Å². The minimum absolute atomic E-state index is 0.266. The largest absolute Gasteiger partial charge is 0.446 e. The van der Waals surface area contributed by atoms with Crippen LogP contribution in [0.25, 0.3) is 0 Å². The topological polar surface area (TPSA) is 116 Å². The number of nitro groups is 1. The second-order valence-corrected chi connectivity index (χ2v) is 4.31. The van der Waals surface area contributed by atoms with E-state index in [9.17, 15) is 14.9 Å². The number of rotatable bonds is 4. The quantitative estimate of drug-likeness (QED) is 0.265. The number of carbonyl (C=O) groups excluding carboxylic acids is 1. The molecule has 1 aliphatic rings. The highest BCUT2D eigenvalue weighted by Crippen LogP contribution is 2.21. The molecular formula is C16H26N2O5. The van der Waals surface area contributed by atoms with Gasteiger partial charge in [0.25, 0.3) is 0 Å². The van der Waals surface area contributed by atoms with Crippen molar-refractivity contribution in [3.8, 4) is 11.8 Å². The lowest BCUT2D eigenvalue weighted by atomic mass is 9.95. The van der Waals surface area contributed by atoms with Gasteiger partial charge in [-0.05, 0) is 32.9 Å². The molecule has 1 rings (SSSR count). The van der Waals surface area contributed by atoms with Crippen molar-refractivity contribution in [2.45, 2.75) is 45.3 Å². The first-order chi connectivity index (χ1) is 11.0. The standard InChI is InChI=1S/C14H17NO4.CH5N.CH4O/c1-3-5-11(2)19-14(16)9-8-12-6-4-7-13(10-12)15(17)18;2*1-2/h6,8-9,11,13H,4,7,10H2,1-2H3;2H2,1H3;2H,1H3/b9-8+;;. The van der Waals surface area contributed by atoms with E-state index in [1.807, 2.05) is 6.08 Å². The summed E-state index contributed by atoms with van der Waals surface area (Å²) in [6, 6.07) is -0.550. The average Bonchev–Trinajstić information content (AvgIpc) is 2.57. The van der Waals surface area contributed by atoms with Crippen LogP contribution in [0.5, 0.6) is 0 Å². The molecule has 2 atom stereocenters. The first-order valence-corrected chi connectivity index (χ1v) is 7.19. The third-order valence-corrected chi connectivity index (χ3v) is 2.75. The summed E-state index contributed by atoms with van der Waals surface area (Å²) in [6.07, 6.45) is 5.93. The lowest BCUT2D eigenvalue weighted by Crippen LogP contribution is -2.22. The van der Waals surface area contributed by atoms with Gasteiger partial charge in [0, 0.05) is 31.0 Å². The Bertz CT molecular complexity index is 475. The molecule has 0 bridgehead atoms. The van der Waals surface area contributed by atoms with E-state index in [1.165, 1.54) is 13.1 Å². The molecule has 2 unspecified atom stereocenters. The number of aliphatic hydroxyl groups excluding tert-OH is 1. The van der Waals surface area contributed by atoms with Crippen LogP contribution in [-0.4, -0.2) is 42.3 Å². The van der Waals surface area contributed by atoms with Gasteiger partial charge in [-0.1, -0.05) is 18.1 Å². The third kappa shape index (κ3) is 11.1. The Labute approximate surface area is 137 Å². The van der Waals surface area contributed by atoms with Crippen molar-refractivity contribution in [1.82, 2.24) is 0 Å². The van der Waals surface area contributed by atoms with E-state index in [4.69, 9.17) is 9.84 Å². The van der Waals surface area contributed by atoms with Gasteiger partial charge in [0.15, 0.2) is 6.10 Å². The van der Waals surface area contributed by atoms with Crippen LogP contribution in [0, 0.1) is 22.0 Å².